The maximum absolute atomic E-state index is 12.2. The maximum atomic E-state index is 12.2. The molecule has 2 aromatic carbocycles. The number of rotatable bonds is 4. The monoisotopic (exact) mass is 389 g/mol. The third-order valence-electron chi connectivity index (χ3n) is 4.98. The van der Waals surface area contributed by atoms with Gasteiger partial charge in [0.1, 0.15) is 5.75 Å². The first kappa shape index (κ1) is 20.4. The molecule has 0 saturated carbocycles. The smallest absolute Gasteiger partial charge is 0.275 e. The molecule has 0 saturated heterocycles. The van der Waals surface area contributed by atoms with E-state index in [4.69, 9.17) is 0 Å². The lowest BCUT2D eigenvalue weighted by Crippen LogP contribution is -2.17. The number of nitrogens with zero attached hydrogens (tertiary/aromatic N) is 2. The SMILES string of the molecule is Cc1cc(/C=N/NC(=O)c2ccccc2O)c(C)n1-c1ccc(C(C)(C)C)cc1. The summed E-state index contributed by atoms with van der Waals surface area (Å²) in [4.78, 5) is 12.2. The van der Waals surface area contributed by atoms with E-state index in [1.165, 1.54) is 11.6 Å². The van der Waals surface area contributed by atoms with Crippen LogP contribution in [0.3, 0.4) is 0 Å². The molecule has 5 nitrogen and oxygen atoms in total. The minimum Gasteiger partial charge on any atom is -0.507 e. The van der Waals surface area contributed by atoms with Gasteiger partial charge in [-0.15, -0.1) is 0 Å². The molecule has 0 aliphatic rings. The first-order valence-corrected chi connectivity index (χ1v) is 9.60. The summed E-state index contributed by atoms with van der Waals surface area (Å²) >= 11 is 0. The van der Waals surface area contributed by atoms with Crippen molar-refractivity contribution < 1.29 is 9.90 Å². The Morgan fingerprint density at radius 3 is 2.34 bits per heavy atom. The second-order valence-corrected chi connectivity index (χ2v) is 8.18. The average Bonchev–Trinajstić information content (AvgIpc) is 2.95. The first-order chi connectivity index (χ1) is 13.7. The number of para-hydroxylation sites is 1. The van der Waals surface area contributed by atoms with E-state index in [1.54, 1.807) is 24.4 Å². The van der Waals surface area contributed by atoms with Crippen molar-refractivity contribution >= 4 is 12.1 Å². The second kappa shape index (κ2) is 7.95. The summed E-state index contributed by atoms with van der Waals surface area (Å²) in [7, 11) is 0. The van der Waals surface area contributed by atoms with Crippen LogP contribution in [0, 0.1) is 13.8 Å². The minimum atomic E-state index is -0.453. The predicted octanol–water partition coefficient (Wildman–Crippen LogP) is 4.86. The van der Waals surface area contributed by atoms with Gasteiger partial charge in [-0.05, 0) is 55.2 Å². The highest BCUT2D eigenvalue weighted by molar-refractivity contribution is 5.97. The van der Waals surface area contributed by atoms with Gasteiger partial charge in [0.05, 0.1) is 11.8 Å². The Kier molecular flexibility index (Phi) is 5.59. The lowest BCUT2D eigenvalue weighted by Gasteiger charge is -2.20. The number of aromatic hydroxyl groups is 1. The van der Waals surface area contributed by atoms with Gasteiger partial charge in [0, 0.05) is 22.6 Å². The van der Waals surface area contributed by atoms with E-state index < -0.39 is 5.91 Å². The van der Waals surface area contributed by atoms with Crippen LogP contribution in [-0.4, -0.2) is 21.8 Å². The molecular weight excluding hydrogens is 362 g/mol. The summed E-state index contributed by atoms with van der Waals surface area (Å²) in [5.74, 6) is -0.525. The highest BCUT2D eigenvalue weighted by Gasteiger charge is 2.15. The summed E-state index contributed by atoms with van der Waals surface area (Å²) in [6, 6.07) is 17.0. The summed E-state index contributed by atoms with van der Waals surface area (Å²) in [5.41, 5.74) is 8.18. The molecule has 3 aromatic rings. The number of carbonyl (C=O) groups is 1. The summed E-state index contributed by atoms with van der Waals surface area (Å²) in [6.45, 7) is 10.7. The first-order valence-electron chi connectivity index (χ1n) is 9.60. The highest BCUT2D eigenvalue weighted by Crippen LogP contribution is 2.25. The van der Waals surface area contributed by atoms with Gasteiger partial charge in [-0.1, -0.05) is 45.0 Å². The van der Waals surface area contributed by atoms with Crippen LogP contribution >= 0.6 is 0 Å². The predicted molar refractivity (Wildman–Crippen MR) is 117 cm³/mol. The zero-order valence-electron chi connectivity index (χ0n) is 17.5. The Hall–Kier alpha value is -3.34. The maximum Gasteiger partial charge on any atom is 0.275 e. The quantitative estimate of drug-likeness (QED) is 0.494. The van der Waals surface area contributed by atoms with Gasteiger partial charge in [-0.25, -0.2) is 5.43 Å². The summed E-state index contributed by atoms with van der Waals surface area (Å²) < 4.78 is 2.17. The third-order valence-corrected chi connectivity index (χ3v) is 4.98. The number of hydrogen-bond donors (Lipinski definition) is 2. The van der Waals surface area contributed by atoms with E-state index in [0.29, 0.717) is 0 Å². The number of phenolic OH excluding ortho intramolecular Hbond substituents is 1. The fourth-order valence-corrected chi connectivity index (χ4v) is 3.31. The van der Waals surface area contributed by atoms with Crippen LogP contribution in [0.5, 0.6) is 5.75 Å². The van der Waals surface area contributed by atoms with E-state index in [1.807, 2.05) is 19.9 Å². The van der Waals surface area contributed by atoms with Crippen molar-refractivity contribution in [3.8, 4) is 11.4 Å². The normalized spacial score (nSPS) is 11.8. The fraction of sp³-hybridized carbons (Fsp3) is 0.250. The van der Waals surface area contributed by atoms with Gasteiger partial charge in [0.2, 0.25) is 0 Å². The molecule has 2 N–H and O–H groups in total. The molecule has 1 aromatic heterocycles. The third kappa shape index (κ3) is 4.40. The number of hydrazone groups is 1. The van der Waals surface area contributed by atoms with Gasteiger partial charge in [-0.3, -0.25) is 4.79 Å². The van der Waals surface area contributed by atoms with Crippen molar-refractivity contribution in [1.82, 2.24) is 9.99 Å². The lowest BCUT2D eigenvalue weighted by molar-refractivity contribution is 0.0952. The Morgan fingerprint density at radius 2 is 1.72 bits per heavy atom. The molecule has 0 fully saturated rings. The Labute approximate surface area is 171 Å². The van der Waals surface area contributed by atoms with Crippen molar-refractivity contribution in [1.29, 1.82) is 0 Å². The largest absolute Gasteiger partial charge is 0.507 e. The number of hydrogen-bond acceptors (Lipinski definition) is 3. The van der Waals surface area contributed by atoms with Crippen LogP contribution in [0.2, 0.25) is 0 Å². The second-order valence-electron chi connectivity index (χ2n) is 8.18. The van der Waals surface area contributed by atoms with E-state index in [9.17, 15) is 9.90 Å². The topological polar surface area (TPSA) is 66.6 Å². The van der Waals surface area contributed by atoms with Crippen molar-refractivity contribution in [2.75, 3.05) is 0 Å². The minimum absolute atomic E-state index is 0.0721. The van der Waals surface area contributed by atoms with Gasteiger partial charge in [0.25, 0.3) is 5.91 Å². The Balaban J connectivity index is 1.80. The van der Waals surface area contributed by atoms with Crippen molar-refractivity contribution in [2.45, 2.75) is 40.0 Å². The molecule has 0 aliphatic carbocycles. The van der Waals surface area contributed by atoms with E-state index in [0.717, 1.165) is 22.6 Å². The molecule has 0 radical (unpaired) electrons. The van der Waals surface area contributed by atoms with Crippen molar-refractivity contribution in [3.05, 3.63) is 82.7 Å². The zero-order chi connectivity index (χ0) is 21.2. The lowest BCUT2D eigenvalue weighted by atomic mass is 9.87. The molecule has 1 heterocycles. The Morgan fingerprint density at radius 1 is 1.07 bits per heavy atom. The van der Waals surface area contributed by atoms with E-state index in [2.05, 4.69) is 60.1 Å². The van der Waals surface area contributed by atoms with Crippen LogP contribution in [-0.2, 0) is 5.41 Å². The molecule has 0 spiro atoms. The van der Waals surface area contributed by atoms with Crippen molar-refractivity contribution in [3.63, 3.8) is 0 Å². The van der Waals surface area contributed by atoms with Gasteiger partial charge >= 0.3 is 0 Å². The number of aryl methyl sites for hydroxylation is 1. The van der Waals surface area contributed by atoms with E-state index in [-0.39, 0.29) is 16.7 Å². The van der Waals surface area contributed by atoms with Gasteiger partial charge in [-0.2, -0.15) is 5.10 Å². The molecule has 150 valence electrons. The molecule has 0 aliphatic heterocycles. The van der Waals surface area contributed by atoms with Crippen molar-refractivity contribution in [2.24, 2.45) is 5.10 Å². The molecule has 0 atom stereocenters. The molecular formula is C24H27N3O2. The molecule has 3 rings (SSSR count). The van der Waals surface area contributed by atoms with Crippen LogP contribution in [0.1, 0.15) is 53.6 Å². The number of aromatic nitrogens is 1. The molecule has 0 bridgehead atoms. The van der Waals surface area contributed by atoms with Gasteiger partial charge in [0.15, 0.2) is 0 Å². The van der Waals surface area contributed by atoms with Crippen LogP contribution in [0.15, 0.2) is 59.7 Å². The van der Waals surface area contributed by atoms with Crippen LogP contribution in [0.25, 0.3) is 5.69 Å². The average molecular weight is 389 g/mol. The summed E-state index contributed by atoms with van der Waals surface area (Å²) in [6.07, 6.45) is 1.63. The molecule has 1 amide bonds. The summed E-state index contributed by atoms with van der Waals surface area (Å²) in [5, 5.41) is 13.8. The number of carbonyl (C=O) groups excluding carboxylic acids is 1. The van der Waals surface area contributed by atoms with E-state index >= 15 is 0 Å². The number of nitrogens with one attached hydrogen (secondary N) is 1. The molecule has 29 heavy (non-hydrogen) atoms. The molecule has 0 unspecified atom stereocenters. The number of phenols is 1. The standard InChI is InChI=1S/C24H27N3O2/c1-16-14-18(15-25-26-23(29)21-8-6-7-9-22(21)28)17(2)27(16)20-12-10-19(11-13-20)24(3,4)5/h6-15,28H,1-5H3,(H,26,29)/b25-15+. The van der Waals surface area contributed by atoms with Gasteiger partial charge < -0.3 is 9.67 Å². The number of benzene rings is 2. The number of amides is 1. The van der Waals surface area contributed by atoms with Crippen LogP contribution in [0.4, 0.5) is 0 Å². The fourth-order valence-electron chi connectivity index (χ4n) is 3.31. The van der Waals surface area contributed by atoms with Crippen LogP contribution < -0.4 is 5.43 Å². The Bertz CT molecular complexity index is 1050. The zero-order valence-corrected chi connectivity index (χ0v) is 17.5. The molecule has 5 heteroatoms. The highest BCUT2D eigenvalue weighted by atomic mass is 16.3.